The van der Waals surface area contributed by atoms with Gasteiger partial charge < -0.3 is 0 Å². The van der Waals surface area contributed by atoms with Crippen LogP contribution in [0.5, 0.6) is 0 Å². The molecule has 0 N–H and O–H groups in total. The third kappa shape index (κ3) is 3.15. The fourth-order valence-corrected chi connectivity index (χ4v) is 1.75. The van der Waals surface area contributed by atoms with Crippen LogP contribution in [0.1, 0.15) is 34.1 Å². The SMILES string of the molecule is C/C=C(C)\C(C)=C(/CC)SC. The molecule has 0 bridgehead atoms. The first kappa shape index (κ1) is 10.8. The summed E-state index contributed by atoms with van der Waals surface area (Å²) in [5.74, 6) is 0. The fourth-order valence-electron chi connectivity index (χ4n) is 0.999. The second-order valence-corrected chi connectivity index (χ2v) is 3.48. The first-order valence-electron chi connectivity index (χ1n) is 4.04. The van der Waals surface area contributed by atoms with Gasteiger partial charge in [0.05, 0.1) is 0 Å². The van der Waals surface area contributed by atoms with Crippen molar-refractivity contribution in [1.82, 2.24) is 0 Å². The molecule has 11 heavy (non-hydrogen) atoms. The van der Waals surface area contributed by atoms with E-state index in [4.69, 9.17) is 0 Å². The zero-order valence-electron chi connectivity index (χ0n) is 8.19. The van der Waals surface area contributed by atoms with Gasteiger partial charge in [-0.3, -0.25) is 0 Å². The van der Waals surface area contributed by atoms with Gasteiger partial charge in [0.25, 0.3) is 0 Å². The van der Waals surface area contributed by atoms with Crippen molar-refractivity contribution in [2.75, 3.05) is 6.26 Å². The van der Waals surface area contributed by atoms with Crippen LogP contribution in [0.4, 0.5) is 0 Å². The molecule has 0 spiro atoms. The van der Waals surface area contributed by atoms with Crippen LogP contribution in [-0.4, -0.2) is 6.26 Å². The smallest absolute Gasteiger partial charge is 0.0126 e. The summed E-state index contributed by atoms with van der Waals surface area (Å²) in [4.78, 5) is 1.50. The van der Waals surface area contributed by atoms with Crippen molar-refractivity contribution in [3.8, 4) is 0 Å². The first-order chi connectivity index (χ1) is 5.17. The van der Waals surface area contributed by atoms with Crippen LogP contribution in [0.15, 0.2) is 22.1 Å². The molecule has 0 aliphatic carbocycles. The lowest BCUT2D eigenvalue weighted by Gasteiger charge is -2.07. The van der Waals surface area contributed by atoms with Gasteiger partial charge in [-0.2, -0.15) is 0 Å². The largest absolute Gasteiger partial charge is 0.134 e. The average molecular weight is 170 g/mol. The van der Waals surface area contributed by atoms with Gasteiger partial charge in [0.15, 0.2) is 0 Å². The predicted octanol–water partition coefficient (Wildman–Crippen LogP) is 4.00. The molecule has 1 heteroatoms. The summed E-state index contributed by atoms with van der Waals surface area (Å²) in [5, 5.41) is 0. The zero-order valence-corrected chi connectivity index (χ0v) is 9.01. The molecule has 0 amide bonds. The van der Waals surface area contributed by atoms with E-state index >= 15 is 0 Å². The molecular formula is C10H18S. The molecule has 0 atom stereocenters. The second kappa shape index (κ2) is 5.48. The Labute approximate surface area is 74.8 Å². The normalized spacial score (nSPS) is 14.8. The van der Waals surface area contributed by atoms with E-state index in [0.717, 1.165) is 6.42 Å². The number of hydrogen-bond donors (Lipinski definition) is 0. The Morgan fingerprint density at radius 2 is 1.91 bits per heavy atom. The maximum atomic E-state index is 2.21. The van der Waals surface area contributed by atoms with E-state index in [1.807, 2.05) is 11.8 Å². The summed E-state index contributed by atoms with van der Waals surface area (Å²) in [6.07, 6.45) is 5.46. The third-order valence-electron chi connectivity index (χ3n) is 2.01. The van der Waals surface area contributed by atoms with Gasteiger partial charge in [-0.1, -0.05) is 18.6 Å². The van der Waals surface area contributed by atoms with Crippen molar-refractivity contribution in [3.63, 3.8) is 0 Å². The van der Waals surface area contributed by atoms with Crippen LogP contribution in [0.2, 0.25) is 0 Å². The molecule has 0 fully saturated rings. The Morgan fingerprint density at radius 3 is 2.18 bits per heavy atom. The molecule has 0 rings (SSSR count). The Morgan fingerprint density at radius 1 is 1.36 bits per heavy atom. The van der Waals surface area contributed by atoms with E-state index < -0.39 is 0 Å². The summed E-state index contributed by atoms with van der Waals surface area (Å²) in [7, 11) is 0. The Hall–Kier alpha value is -0.170. The number of allylic oxidation sites excluding steroid dienone is 4. The topological polar surface area (TPSA) is 0 Å². The standard InChI is InChI=1S/C10H18S/c1-6-8(3)9(4)10(7-2)11-5/h6H,7H2,1-5H3/b8-6-,10-9+. The maximum absolute atomic E-state index is 2.21. The molecule has 0 saturated heterocycles. The van der Waals surface area contributed by atoms with Crippen LogP contribution < -0.4 is 0 Å². The van der Waals surface area contributed by atoms with E-state index in [0.29, 0.717) is 0 Å². The van der Waals surface area contributed by atoms with E-state index in [1.54, 1.807) is 0 Å². The molecule has 0 unspecified atom stereocenters. The van der Waals surface area contributed by atoms with Crippen LogP contribution in [0.3, 0.4) is 0 Å². The Balaban J connectivity index is 4.61. The van der Waals surface area contributed by atoms with Crippen LogP contribution in [-0.2, 0) is 0 Å². The monoisotopic (exact) mass is 170 g/mol. The van der Waals surface area contributed by atoms with Gasteiger partial charge in [-0.25, -0.2) is 0 Å². The quantitative estimate of drug-likeness (QED) is 0.577. The van der Waals surface area contributed by atoms with Crippen LogP contribution >= 0.6 is 11.8 Å². The molecule has 0 nitrogen and oxygen atoms in total. The van der Waals surface area contributed by atoms with Gasteiger partial charge in [-0.15, -0.1) is 11.8 Å². The van der Waals surface area contributed by atoms with Gasteiger partial charge in [0.1, 0.15) is 0 Å². The van der Waals surface area contributed by atoms with Crippen molar-refractivity contribution < 1.29 is 0 Å². The molecule has 0 aliphatic rings. The summed E-state index contributed by atoms with van der Waals surface area (Å²) in [6, 6.07) is 0. The Bertz CT molecular complexity index is 169. The Kier molecular flexibility index (Phi) is 5.39. The highest BCUT2D eigenvalue weighted by atomic mass is 32.2. The van der Waals surface area contributed by atoms with E-state index in [1.165, 1.54) is 16.1 Å². The highest BCUT2D eigenvalue weighted by molar-refractivity contribution is 8.02. The molecule has 0 heterocycles. The first-order valence-corrected chi connectivity index (χ1v) is 5.26. The number of thioether (sulfide) groups is 1. The van der Waals surface area contributed by atoms with E-state index in [9.17, 15) is 0 Å². The fraction of sp³-hybridized carbons (Fsp3) is 0.600. The third-order valence-corrected chi connectivity index (χ3v) is 3.10. The molecule has 0 aromatic carbocycles. The van der Waals surface area contributed by atoms with Gasteiger partial charge in [-0.05, 0) is 43.9 Å². The minimum atomic E-state index is 1.15. The lowest BCUT2D eigenvalue weighted by Crippen LogP contribution is -1.84. The summed E-state index contributed by atoms with van der Waals surface area (Å²) in [6.45, 7) is 8.66. The van der Waals surface area contributed by atoms with Crippen LogP contribution in [0.25, 0.3) is 0 Å². The molecule has 0 aliphatic heterocycles. The minimum absolute atomic E-state index is 1.15. The number of hydrogen-bond acceptors (Lipinski definition) is 1. The van der Waals surface area contributed by atoms with Crippen molar-refractivity contribution >= 4 is 11.8 Å². The van der Waals surface area contributed by atoms with Gasteiger partial charge >= 0.3 is 0 Å². The molecular weight excluding hydrogens is 152 g/mol. The summed E-state index contributed by atoms with van der Waals surface area (Å²) < 4.78 is 0. The highest BCUT2D eigenvalue weighted by Gasteiger charge is 1.99. The highest BCUT2D eigenvalue weighted by Crippen LogP contribution is 2.24. The summed E-state index contributed by atoms with van der Waals surface area (Å²) >= 11 is 1.86. The van der Waals surface area contributed by atoms with E-state index in [-0.39, 0.29) is 0 Å². The minimum Gasteiger partial charge on any atom is -0.134 e. The van der Waals surface area contributed by atoms with Crippen molar-refractivity contribution in [1.29, 1.82) is 0 Å². The average Bonchev–Trinajstić information content (AvgIpc) is 2.05. The lowest BCUT2D eigenvalue weighted by atomic mass is 10.1. The maximum Gasteiger partial charge on any atom is -0.0126 e. The second-order valence-electron chi connectivity index (χ2n) is 2.58. The molecule has 0 radical (unpaired) electrons. The van der Waals surface area contributed by atoms with Gasteiger partial charge in [0, 0.05) is 0 Å². The van der Waals surface area contributed by atoms with Gasteiger partial charge in [0.2, 0.25) is 0 Å². The lowest BCUT2D eigenvalue weighted by molar-refractivity contribution is 1.15. The van der Waals surface area contributed by atoms with Crippen molar-refractivity contribution in [3.05, 3.63) is 22.1 Å². The van der Waals surface area contributed by atoms with E-state index in [2.05, 4.69) is 40.0 Å². The zero-order chi connectivity index (χ0) is 8.85. The molecule has 64 valence electrons. The van der Waals surface area contributed by atoms with Crippen molar-refractivity contribution in [2.24, 2.45) is 0 Å². The number of rotatable bonds is 3. The molecule has 0 saturated carbocycles. The molecule has 0 aromatic rings. The predicted molar refractivity (Wildman–Crippen MR) is 55.9 cm³/mol. The molecule has 0 aromatic heterocycles. The van der Waals surface area contributed by atoms with Crippen molar-refractivity contribution in [2.45, 2.75) is 34.1 Å². The van der Waals surface area contributed by atoms with Crippen LogP contribution in [0, 0.1) is 0 Å². The summed E-state index contributed by atoms with van der Waals surface area (Å²) in [5.41, 5.74) is 2.85.